The lowest BCUT2D eigenvalue weighted by atomic mass is 10.2. The number of nitriles is 1. The number of hydrogen-bond acceptors (Lipinski definition) is 6. The van der Waals surface area contributed by atoms with Crippen molar-refractivity contribution in [3.05, 3.63) is 24.3 Å². The van der Waals surface area contributed by atoms with Crippen LogP contribution in [0, 0.1) is 11.5 Å². The molecule has 1 saturated heterocycles. The van der Waals surface area contributed by atoms with Crippen molar-refractivity contribution in [3.63, 3.8) is 0 Å². The molecular formula is C14H19N5O2S2. The third kappa shape index (κ3) is 4.60. The summed E-state index contributed by atoms with van der Waals surface area (Å²) in [6.45, 7) is 2.14. The monoisotopic (exact) mass is 353 g/mol. The van der Waals surface area contributed by atoms with Crippen LogP contribution in [0.2, 0.25) is 0 Å². The van der Waals surface area contributed by atoms with Crippen molar-refractivity contribution in [2.75, 3.05) is 43.6 Å². The molecule has 1 heterocycles. The fraction of sp³-hybridized carbons (Fsp3) is 0.429. The Morgan fingerprint density at radius 2 is 1.96 bits per heavy atom. The van der Waals surface area contributed by atoms with E-state index in [0.717, 1.165) is 11.4 Å². The molecule has 0 bridgehead atoms. The molecule has 1 aromatic carbocycles. The Morgan fingerprint density at radius 1 is 1.30 bits per heavy atom. The number of amidine groups is 1. The number of nitrogens with zero attached hydrogens (tertiary/aromatic N) is 4. The van der Waals surface area contributed by atoms with Crippen molar-refractivity contribution in [2.45, 2.75) is 0 Å². The highest BCUT2D eigenvalue weighted by Gasteiger charge is 2.24. The summed E-state index contributed by atoms with van der Waals surface area (Å²) in [4.78, 5) is 6.60. The standard InChI is InChI=1S/C14H19N5O2S2/c1-22-14(16-11-15)17-12-5-3-4-6-13(12)18-7-9-19(10-8-18)23(2,20)21/h3-6H,7-10H2,1-2H3,(H,16,17). The highest BCUT2D eigenvalue weighted by atomic mass is 32.2. The zero-order valence-corrected chi connectivity index (χ0v) is 14.7. The molecule has 0 spiro atoms. The van der Waals surface area contributed by atoms with Crippen LogP contribution in [-0.4, -0.2) is 56.6 Å². The largest absolute Gasteiger partial charge is 0.367 e. The summed E-state index contributed by atoms with van der Waals surface area (Å²) in [5, 5.41) is 11.8. The summed E-state index contributed by atoms with van der Waals surface area (Å²) in [7, 11) is -3.14. The number of rotatable bonds is 3. The highest BCUT2D eigenvalue weighted by molar-refractivity contribution is 8.13. The third-order valence-corrected chi connectivity index (χ3v) is 5.39. The SMILES string of the molecule is CSC(=Nc1ccccc1N1CCN(S(C)(=O)=O)CC1)NC#N. The minimum Gasteiger partial charge on any atom is -0.367 e. The van der Waals surface area contributed by atoms with Crippen LogP contribution in [0.25, 0.3) is 0 Å². The van der Waals surface area contributed by atoms with Crippen LogP contribution in [0.15, 0.2) is 29.3 Å². The zero-order chi connectivity index (χ0) is 16.9. The van der Waals surface area contributed by atoms with Gasteiger partial charge in [0.2, 0.25) is 10.0 Å². The Labute approximate surface area is 141 Å². The Morgan fingerprint density at radius 3 is 2.52 bits per heavy atom. The van der Waals surface area contributed by atoms with Crippen molar-refractivity contribution in [1.82, 2.24) is 9.62 Å². The lowest BCUT2D eigenvalue weighted by molar-refractivity contribution is 0.388. The Kier molecular flexibility index (Phi) is 5.87. The summed E-state index contributed by atoms with van der Waals surface area (Å²) in [5.41, 5.74) is 1.69. The van der Waals surface area contributed by atoms with E-state index in [1.165, 1.54) is 22.3 Å². The molecule has 0 aromatic heterocycles. The van der Waals surface area contributed by atoms with Crippen molar-refractivity contribution >= 4 is 38.3 Å². The molecular weight excluding hydrogens is 334 g/mol. The van der Waals surface area contributed by atoms with Crippen LogP contribution in [-0.2, 0) is 10.0 Å². The summed E-state index contributed by atoms with van der Waals surface area (Å²) in [6.07, 6.45) is 4.95. The fourth-order valence-corrected chi connectivity index (χ4v) is 3.53. The van der Waals surface area contributed by atoms with E-state index in [1.807, 2.05) is 36.7 Å². The highest BCUT2D eigenvalue weighted by Crippen LogP contribution is 2.30. The quantitative estimate of drug-likeness (QED) is 0.380. The predicted molar refractivity (Wildman–Crippen MR) is 94.4 cm³/mol. The molecule has 7 nitrogen and oxygen atoms in total. The number of hydrogen-bond donors (Lipinski definition) is 1. The molecule has 9 heteroatoms. The number of sulfonamides is 1. The predicted octanol–water partition coefficient (Wildman–Crippen LogP) is 1.19. The number of anilines is 1. The fourth-order valence-electron chi connectivity index (χ4n) is 2.37. The average molecular weight is 353 g/mol. The number of benzene rings is 1. The molecule has 1 fully saturated rings. The van der Waals surface area contributed by atoms with Gasteiger partial charge in [-0.2, -0.15) is 9.57 Å². The van der Waals surface area contributed by atoms with Gasteiger partial charge in [-0.25, -0.2) is 13.4 Å². The number of aliphatic imine (C=N–C) groups is 1. The molecule has 0 aliphatic carbocycles. The lowest BCUT2D eigenvalue weighted by Gasteiger charge is -2.35. The minimum atomic E-state index is -3.14. The van der Waals surface area contributed by atoms with Crippen LogP contribution in [0.3, 0.4) is 0 Å². The number of nitrogens with one attached hydrogen (secondary N) is 1. The van der Waals surface area contributed by atoms with Gasteiger partial charge in [0, 0.05) is 26.2 Å². The smallest absolute Gasteiger partial charge is 0.211 e. The Bertz CT molecular complexity index is 719. The molecule has 1 aliphatic heterocycles. The zero-order valence-electron chi connectivity index (χ0n) is 13.1. The molecule has 124 valence electrons. The summed E-state index contributed by atoms with van der Waals surface area (Å²) in [5.74, 6) is 0. The van der Waals surface area contributed by atoms with Gasteiger partial charge in [-0.3, -0.25) is 5.32 Å². The third-order valence-electron chi connectivity index (χ3n) is 3.51. The molecule has 0 atom stereocenters. The number of piperazine rings is 1. The van der Waals surface area contributed by atoms with Crippen LogP contribution >= 0.6 is 11.8 Å². The molecule has 0 amide bonds. The second kappa shape index (κ2) is 7.68. The van der Waals surface area contributed by atoms with E-state index in [-0.39, 0.29) is 0 Å². The van der Waals surface area contributed by atoms with Gasteiger partial charge >= 0.3 is 0 Å². The minimum absolute atomic E-state index is 0.461. The van der Waals surface area contributed by atoms with Crippen molar-refractivity contribution < 1.29 is 8.42 Å². The van der Waals surface area contributed by atoms with E-state index in [1.54, 1.807) is 0 Å². The first-order chi connectivity index (χ1) is 11.0. The van der Waals surface area contributed by atoms with Gasteiger partial charge < -0.3 is 4.90 Å². The van der Waals surface area contributed by atoms with Crippen molar-refractivity contribution in [1.29, 1.82) is 5.26 Å². The van der Waals surface area contributed by atoms with E-state index in [9.17, 15) is 8.42 Å². The van der Waals surface area contributed by atoms with Crippen LogP contribution < -0.4 is 10.2 Å². The Balaban J connectivity index is 2.21. The lowest BCUT2D eigenvalue weighted by Crippen LogP contribution is -2.48. The van der Waals surface area contributed by atoms with E-state index in [0.29, 0.717) is 31.3 Å². The first kappa shape index (κ1) is 17.6. The second-order valence-corrected chi connectivity index (χ2v) is 7.77. The maximum Gasteiger partial charge on any atom is 0.211 e. The van der Waals surface area contributed by atoms with Gasteiger partial charge in [-0.05, 0) is 18.4 Å². The van der Waals surface area contributed by atoms with Crippen LogP contribution in [0.1, 0.15) is 0 Å². The maximum atomic E-state index is 11.6. The average Bonchev–Trinajstić information content (AvgIpc) is 2.54. The molecule has 1 N–H and O–H groups in total. The summed E-state index contributed by atoms with van der Waals surface area (Å²) < 4.78 is 24.7. The van der Waals surface area contributed by atoms with Crippen molar-refractivity contribution in [3.8, 4) is 6.19 Å². The van der Waals surface area contributed by atoms with Gasteiger partial charge in [-0.1, -0.05) is 23.9 Å². The number of para-hydroxylation sites is 2. The second-order valence-electron chi connectivity index (χ2n) is 5.00. The maximum absolute atomic E-state index is 11.6. The van der Waals surface area contributed by atoms with E-state index in [4.69, 9.17) is 5.26 Å². The molecule has 0 unspecified atom stereocenters. The molecule has 0 saturated carbocycles. The van der Waals surface area contributed by atoms with Gasteiger partial charge in [0.15, 0.2) is 11.4 Å². The Hall–Kier alpha value is -1.76. The first-order valence-corrected chi connectivity index (χ1v) is 10.1. The topological polar surface area (TPSA) is 88.8 Å². The van der Waals surface area contributed by atoms with Gasteiger partial charge in [-0.15, -0.1) is 0 Å². The van der Waals surface area contributed by atoms with Gasteiger partial charge in [0.05, 0.1) is 17.6 Å². The molecule has 2 rings (SSSR count). The normalized spacial score (nSPS) is 16.9. The van der Waals surface area contributed by atoms with E-state index >= 15 is 0 Å². The van der Waals surface area contributed by atoms with E-state index in [2.05, 4.69) is 15.2 Å². The summed E-state index contributed by atoms with van der Waals surface area (Å²) >= 11 is 1.36. The molecule has 1 aromatic rings. The van der Waals surface area contributed by atoms with Gasteiger partial charge in [0.1, 0.15) is 0 Å². The van der Waals surface area contributed by atoms with E-state index < -0.39 is 10.0 Å². The van der Waals surface area contributed by atoms with Crippen LogP contribution in [0.4, 0.5) is 11.4 Å². The molecule has 23 heavy (non-hydrogen) atoms. The molecule has 1 aliphatic rings. The van der Waals surface area contributed by atoms with Crippen molar-refractivity contribution in [2.24, 2.45) is 4.99 Å². The number of thioether (sulfide) groups is 1. The van der Waals surface area contributed by atoms with Crippen LogP contribution in [0.5, 0.6) is 0 Å². The van der Waals surface area contributed by atoms with Gasteiger partial charge in [0.25, 0.3) is 0 Å². The molecule has 0 radical (unpaired) electrons. The summed E-state index contributed by atoms with van der Waals surface area (Å²) in [6, 6.07) is 7.65. The first-order valence-electron chi connectivity index (χ1n) is 7.02.